The van der Waals surface area contributed by atoms with E-state index in [1.165, 1.54) is 6.20 Å². The Balaban J connectivity index is 2.84. The fourth-order valence-electron chi connectivity index (χ4n) is 1.49. The van der Waals surface area contributed by atoms with E-state index in [9.17, 15) is 13.2 Å². The van der Waals surface area contributed by atoms with Gasteiger partial charge in [0.15, 0.2) is 0 Å². The van der Waals surface area contributed by atoms with Gasteiger partial charge in [0.25, 0.3) is 0 Å². The van der Waals surface area contributed by atoms with E-state index in [1.54, 1.807) is 6.92 Å². The van der Waals surface area contributed by atoms with Crippen LogP contribution in [-0.4, -0.2) is 4.98 Å². The molecule has 0 aliphatic rings. The Morgan fingerprint density at radius 3 is 2.41 bits per heavy atom. The van der Waals surface area contributed by atoms with Gasteiger partial charge in [-0.3, -0.25) is 4.98 Å². The quantitative estimate of drug-likeness (QED) is 0.671. The number of aryl methyl sites for hydroxylation is 1. The van der Waals surface area contributed by atoms with Crippen molar-refractivity contribution in [1.29, 1.82) is 0 Å². The third kappa shape index (κ3) is 2.19. The van der Waals surface area contributed by atoms with Crippen molar-refractivity contribution in [2.24, 2.45) is 0 Å². The van der Waals surface area contributed by atoms with Gasteiger partial charge >= 0.3 is 6.18 Å². The molecule has 0 bridgehead atoms. The van der Waals surface area contributed by atoms with Crippen LogP contribution >= 0.6 is 23.2 Å². The summed E-state index contributed by atoms with van der Waals surface area (Å²) in [5.41, 5.74) is 0.0501. The lowest BCUT2D eigenvalue weighted by Crippen LogP contribution is -2.05. The van der Waals surface area contributed by atoms with Crippen LogP contribution in [0.3, 0.4) is 0 Å². The fraction of sp³-hybridized carbons (Fsp3) is 0.182. The predicted molar refractivity (Wildman–Crippen MR) is 61.5 cm³/mol. The largest absolute Gasteiger partial charge is 0.416 e. The van der Waals surface area contributed by atoms with Crippen LogP contribution in [0.25, 0.3) is 10.9 Å². The Morgan fingerprint density at radius 1 is 1.18 bits per heavy atom. The third-order valence-corrected chi connectivity index (χ3v) is 3.15. The first-order valence-corrected chi connectivity index (χ1v) is 5.38. The molecule has 0 radical (unpaired) electrons. The average molecular weight is 280 g/mol. The molecule has 2 rings (SSSR count). The zero-order valence-corrected chi connectivity index (χ0v) is 10.1. The Kier molecular flexibility index (Phi) is 2.96. The molecule has 90 valence electrons. The third-order valence-electron chi connectivity index (χ3n) is 2.36. The summed E-state index contributed by atoms with van der Waals surface area (Å²) in [5, 5.41) is 0.395. The highest BCUT2D eigenvalue weighted by Crippen LogP contribution is 2.37. The van der Waals surface area contributed by atoms with E-state index in [0.29, 0.717) is 5.56 Å². The topological polar surface area (TPSA) is 12.9 Å². The molecule has 0 atom stereocenters. The van der Waals surface area contributed by atoms with Crippen LogP contribution in [0.15, 0.2) is 18.3 Å². The van der Waals surface area contributed by atoms with Gasteiger partial charge in [-0.25, -0.2) is 0 Å². The van der Waals surface area contributed by atoms with Crippen LogP contribution in [-0.2, 0) is 6.18 Å². The summed E-state index contributed by atoms with van der Waals surface area (Å²) in [7, 11) is 0. The molecule has 6 heteroatoms. The number of fused-ring (bicyclic) bond motifs is 1. The van der Waals surface area contributed by atoms with Crippen LogP contribution in [0.4, 0.5) is 13.2 Å². The minimum Gasteiger partial charge on any atom is -0.254 e. The Morgan fingerprint density at radius 2 is 1.82 bits per heavy atom. The van der Waals surface area contributed by atoms with E-state index in [2.05, 4.69) is 4.98 Å². The van der Waals surface area contributed by atoms with Crippen molar-refractivity contribution in [3.05, 3.63) is 39.5 Å². The lowest BCUT2D eigenvalue weighted by Gasteiger charge is -2.10. The van der Waals surface area contributed by atoms with Gasteiger partial charge in [0.05, 0.1) is 21.1 Å². The lowest BCUT2D eigenvalue weighted by atomic mass is 10.1. The molecule has 1 heterocycles. The number of hydrogen-bond donors (Lipinski definition) is 0. The molecule has 17 heavy (non-hydrogen) atoms. The Labute approximate surface area is 105 Å². The smallest absolute Gasteiger partial charge is 0.254 e. The standard InChI is InChI=1S/C11H6Cl2F3N/c1-5-4-17-10-7(9(5)13)2-6(3-8(10)12)11(14,15)16/h2-4H,1H3. The minimum absolute atomic E-state index is 0.0586. The molecule has 1 aromatic carbocycles. The van der Waals surface area contributed by atoms with Gasteiger partial charge in [-0.2, -0.15) is 13.2 Å². The van der Waals surface area contributed by atoms with Crippen LogP contribution < -0.4 is 0 Å². The molecular formula is C11H6Cl2F3N. The number of halogens is 5. The van der Waals surface area contributed by atoms with Crippen molar-refractivity contribution in [3.63, 3.8) is 0 Å². The van der Waals surface area contributed by atoms with Crippen molar-refractivity contribution in [2.45, 2.75) is 13.1 Å². The molecule has 0 aliphatic carbocycles. The van der Waals surface area contributed by atoms with Crippen LogP contribution in [0, 0.1) is 6.92 Å². The summed E-state index contributed by atoms with van der Waals surface area (Å²) in [6, 6.07) is 1.81. The van der Waals surface area contributed by atoms with Crippen molar-refractivity contribution in [1.82, 2.24) is 4.98 Å². The van der Waals surface area contributed by atoms with Gasteiger partial charge < -0.3 is 0 Å². The summed E-state index contributed by atoms with van der Waals surface area (Å²) in [4.78, 5) is 3.98. The van der Waals surface area contributed by atoms with Crippen LogP contribution in [0.2, 0.25) is 10.0 Å². The number of rotatable bonds is 0. The van der Waals surface area contributed by atoms with E-state index in [0.717, 1.165) is 12.1 Å². The number of benzene rings is 1. The molecule has 1 nitrogen and oxygen atoms in total. The van der Waals surface area contributed by atoms with Gasteiger partial charge in [-0.1, -0.05) is 23.2 Å². The number of aromatic nitrogens is 1. The van der Waals surface area contributed by atoms with Crippen molar-refractivity contribution in [3.8, 4) is 0 Å². The van der Waals surface area contributed by atoms with E-state index >= 15 is 0 Å². The highest BCUT2D eigenvalue weighted by Gasteiger charge is 2.31. The predicted octanol–water partition coefficient (Wildman–Crippen LogP) is 4.87. The zero-order chi connectivity index (χ0) is 12.8. The molecule has 0 N–H and O–H groups in total. The van der Waals surface area contributed by atoms with Crippen LogP contribution in [0.5, 0.6) is 0 Å². The molecule has 1 aromatic heterocycles. The van der Waals surface area contributed by atoms with Gasteiger partial charge in [0.1, 0.15) is 0 Å². The SMILES string of the molecule is Cc1cnc2c(Cl)cc(C(F)(F)F)cc2c1Cl. The van der Waals surface area contributed by atoms with E-state index < -0.39 is 11.7 Å². The first-order chi connectivity index (χ1) is 7.80. The maximum absolute atomic E-state index is 12.6. The highest BCUT2D eigenvalue weighted by atomic mass is 35.5. The minimum atomic E-state index is -4.45. The molecule has 0 spiro atoms. The van der Waals surface area contributed by atoms with Gasteiger partial charge in [0.2, 0.25) is 0 Å². The number of pyridine rings is 1. The maximum Gasteiger partial charge on any atom is 0.416 e. The molecule has 2 aromatic rings. The Hall–Kier alpha value is -1.00. The lowest BCUT2D eigenvalue weighted by molar-refractivity contribution is -0.137. The normalized spacial score (nSPS) is 12.1. The van der Waals surface area contributed by atoms with E-state index in [-0.39, 0.29) is 20.9 Å². The fourth-order valence-corrected chi connectivity index (χ4v) is 1.95. The monoisotopic (exact) mass is 279 g/mol. The molecule has 0 saturated carbocycles. The summed E-state index contributed by atoms with van der Waals surface area (Å²) in [6.07, 6.45) is -2.98. The van der Waals surface area contributed by atoms with Crippen LogP contribution in [0.1, 0.15) is 11.1 Å². The molecule has 0 amide bonds. The second kappa shape index (κ2) is 4.03. The number of alkyl halides is 3. The van der Waals surface area contributed by atoms with Gasteiger partial charge in [-0.15, -0.1) is 0 Å². The highest BCUT2D eigenvalue weighted by molar-refractivity contribution is 6.39. The van der Waals surface area contributed by atoms with Crippen molar-refractivity contribution < 1.29 is 13.2 Å². The van der Waals surface area contributed by atoms with E-state index in [1.807, 2.05) is 0 Å². The summed E-state index contributed by atoms with van der Waals surface area (Å²) in [6.45, 7) is 1.67. The van der Waals surface area contributed by atoms with E-state index in [4.69, 9.17) is 23.2 Å². The Bertz CT molecular complexity index is 593. The number of nitrogens with zero attached hydrogens (tertiary/aromatic N) is 1. The molecule has 0 unspecified atom stereocenters. The van der Waals surface area contributed by atoms with Crippen molar-refractivity contribution >= 4 is 34.1 Å². The molecule has 0 fully saturated rings. The first kappa shape index (κ1) is 12.5. The second-order valence-corrected chi connectivity index (χ2v) is 4.39. The first-order valence-electron chi connectivity index (χ1n) is 4.62. The molecular weight excluding hydrogens is 274 g/mol. The summed E-state index contributed by atoms with van der Waals surface area (Å²) >= 11 is 11.7. The van der Waals surface area contributed by atoms with Gasteiger partial charge in [0, 0.05) is 11.6 Å². The van der Waals surface area contributed by atoms with Gasteiger partial charge in [-0.05, 0) is 24.6 Å². The maximum atomic E-state index is 12.6. The second-order valence-electron chi connectivity index (χ2n) is 3.61. The average Bonchev–Trinajstić information content (AvgIpc) is 2.22. The van der Waals surface area contributed by atoms with Crippen molar-refractivity contribution in [2.75, 3.05) is 0 Å². The summed E-state index contributed by atoms with van der Waals surface area (Å²) in [5.74, 6) is 0. The number of hydrogen-bond acceptors (Lipinski definition) is 1. The molecule has 0 saturated heterocycles. The summed E-state index contributed by atoms with van der Waals surface area (Å²) < 4.78 is 37.8. The zero-order valence-electron chi connectivity index (χ0n) is 8.57. The molecule has 0 aliphatic heterocycles.